The van der Waals surface area contributed by atoms with Gasteiger partial charge in [0.2, 0.25) is 0 Å². The van der Waals surface area contributed by atoms with Crippen molar-refractivity contribution in [3.05, 3.63) is 23.3 Å². The van der Waals surface area contributed by atoms with Crippen LogP contribution in [0.1, 0.15) is 33.6 Å². The molecule has 0 bridgehead atoms. The summed E-state index contributed by atoms with van der Waals surface area (Å²) in [5, 5.41) is 38.2. The molecule has 0 radical (unpaired) electrons. The molecule has 0 aromatic heterocycles. The molecule has 1 fully saturated rings. The molecule has 128 valence electrons. The minimum atomic E-state index is -1.40. The van der Waals surface area contributed by atoms with Gasteiger partial charge in [-0.2, -0.15) is 0 Å². The predicted octanol–water partition coefficient (Wildman–Crippen LogP) is 0.496. The maximum Gasteiger partial charge on any atom is 0.187 e. The maximum absolute atomic E-state index is 9.82. The van der Waals surface area contributed by atoms with Gasteiger partial charge in [0.05, 0.1) is 13.2 Å². The molecule has 1 saturated heterocycles. The highest BCUT2D eigenvalue weighted by Gasteiger charge is 2.43. The zero-order valence-corrected chi connectivity index (χ0v) is 13.5. The summed E-state index contributed by atoms with van der Waals surface area (Å²) in [6.07, 6.45) is -0.190. The van der Waals surface area contributed by atoms with Crippen molar-refractivity contribution >= 4 is 0 Å². The summed E-state index contributed by atoms with van der Waals surface area (Å²) in [6.45, 7) is 5.88. The van der Waals surface area contributed by atoms with E-state index in [1.165, 1.54) is 5.57 Å². The van der Waals surface area contributed by atoms with Crippen LogP contribution in [-0.2, 0) is 9.47 Å². The average molecular weight is 316 g/mol. The molecule has 1 heterocycles. The van der Waals surface area contributed by atoms with Crippen molar-refractivity contribution in [2.45, 2.75) is 64.3 Å². The number of hydrogen-bond donors (Lipinski definition) is 4. The Morgan fingerprint density at radius 3 is 2.32 bits per heavy atom. The van der Waals surface area contributed by atoms with Crippen molar-refractivity contribution < 1.29 is 29.9 Å². The summed E-state index contributed by atoms with van der Waals surface area (Å²) in [7, 11) is 0. The zero-order chi connectivity index (χ0) is 16.7. The van der Waals surface area contributed by atoms with Gasteiger partial charge in [0, 0.05) is 0 Å². The fourth-order valence-corrected chi connectivity index (χ4v) is 2.18. The standard InChI is InChI=1S/C16H28O6/c1-10(2)5-4-6-11(3)7-8-21-16-15(20)14(19)13(18)12(9-17)22-16/h5,7,12-20H,4,6,8-9H2,1-3H3/b11-7-/t12-,13-,14+,15-,16-/m1/s1. The van der Waals surface area contributed by atoms with E-state index in [-0.39, 0.29) is 6.61 Å². The lowest BCUT2D eigenvalue weighted by Gasteiger charge is -2.39. The second-order valence-corrected chi connectivity index (χ2v) is 5.90. The van der Waals surface area contributed by atoms with Crippen LogP contribution in [0.5, 0.6) is 0 Å². The summed E-state index contributed by atoms with van der Waals surface area (Å²) < 4.78 is 10.7. The van der Waals surface area contributed by atoms with Crippen LogP contribution in [0.3, 0.4) is 0 Å². The van der Waals surface area contributed by atoms with Crippen LogP contribution in [0, 0.1) is 0 Å². The Hall–Kier alpha value is -0.760. The minimum Gasteiger partial charge on any atom is -0.394 e. The predicted molar refractivity (Wildman–Crippen MR) is 82.1 cm³/mol. The first kappa shape index (κ1) is 19.3. The highest BCUT2D eigenvalue weighted by Crippen LogP contribution is 2.22. The molecule has 5 atom stereocenters. The van der Waals surface area contributed by atoms with Crippen LogP contribution in [0.4, 0.5) is 0 Å². The molecule has 0 saturated carbocycles. The largest absolute Gasteiger partial charge is 0.394 e. The van der Waals surface area contributed by atoms with Gasteiger partial charge in [0.1, 0.15) is 24.4 Å². The smallest absolute Gasteiger partial charge is 0.187 e. The van der Waals surface area contributed by atoms with Gasteiger partial charge in [0.15, 0.2) is 6.29 Å². The van der Waals surface area contributed by atoms with E-state index in [1.807, 2.05) is 13.0 Å². The van der Waals surface area contributed by atoms with Crippen LogP contribution in [-0.4, -0.2) is 64.3 Å². The average Bonchev–Trinajstić information content (AvgIpc) is 2.47. The zero-order valence-electron chi connectivity index (χ0n) is 13.5. The van der Waals surface area contributed by atoms with E-state index in [4.69, 9.17) is 14.6 Å². The van der Waals surface area contributed by atoms with Crippen molar-refractivity contribution in [2.75, 3.05) is 13.2 Å². The van der Waals surface area contributed by atoms with Crippen LogP contribution in [0.25, 0.3) is 0 Å². The molecule has 0 aromatic carbocycles. The maximum atomic E-state index is 9.82. The molecule has 6 nitrogen and oxygen atoms in total. The molecule has 22 heavy (non-hydrogen) atoms. The van der Waals surface area contributed by atoms with Gasteiger partial charge in [0.25, 0.3) is 0 Å². The topological polar surface area (TPSA) is 99.4 Å². The van der Waals surface area contributed by atoms with Gasteiger partial charge in [-0.15, -0.1) is 0 Å². The Kier molecular flexibility index (Phi) is 8.24. The number of aliphatic hydroxyl groups excluding tert-OH is 4. The summed E-state index contributed by atoms with van der Waals surface area (Å²) in [4.78, 5) is 0. The summed E-state index contributed by atoms with van der Waals surface area (Å²) in [5.74, 6) is 0. The van der Waals surface area contributed by atoms with Gasteiger partial charge in [-0.25, -0.2) is 0 Å². The van der Waals surface area contributed by atoms with E-state index >= 15 is 0 Å². The van der Waals surface area contributed by atoms with Crippen molar-refractivity contribution in [3.63, 3.8) is 0 Å². The highest BCUT2D eigenvalue weighted by molar-refractivity contribution is 5.02. The first-order valence-electron chi connectivity index (χ1n) is 7.58. The van der Waals surface area contributed by atoms with Gasteiger partial charge in [-0.05, 0) is 33.6 Å². The second-order valence-electron chi connectivity index (χ2n) is 5.90. The number of ether oxygens (including phenoxy) is 2. The van der Waals surface area contributed by atoms with Crippen LogP contribution >= 0.6 is 0 Å². The second kappa shape index (κ2) is 9.39. The SMILES string of the molecule is CC(C)=CCC/C(C)=C\CO[C@@H]1O[C@H](CO)[C@@H](O)[C@H](O)[C@H]1O. The lowest BCUT2D eigenvalue weighted by atomic mass is 9.99. The van der Waals surface area contributed by atoms with E-state index in [0.29, 0.717) is 0 Å². The van der Waals surface area contributed by atoms with E-state index in [1.54, 1.807) is 0 Å². The molecule has 0 aliphatic carbocycles. The van der Waals surface area contributed by atoms with Crippen LogP contribution < -0.4 is 0 Å². The van der Waals surface area contributed by atoms with E-state index in [9.17, 15) is 15.3 Å². The molecule has 1 aliphatic rings. The monoisotopic (exact) mass is 316 g/mol. The summed E-state index contributed by atoms with van der Waals surface area (Å²) >= 11 is 0. The normalized spacial score (nSPS) is 32.9. The first-order chi connectivity index (χ1) is 10.4. The van der Waals surface area contributed by atoms with E-state index < -0.39 is 37.3 Å². The molecule has 6 heteroatoms. The molecule has 4 N–H and O–H groups in total. The third kappa shape index (κ3) is 5.79. The number of allylic oxidation sites excluding steroid dienone is 3. The van der Waals surface area contributed by atoms with Crippen molar-refractivity contribution in [2.24, 2.45) is 0 Å². The van der Waals surface area contributed by atoms with Crippen molar-refractivity contribution in [3.8, 4) is 0 Å². The molecule has 1 aliphatic heterocycles. The third-order valence-corrected chi connectivity index (χ3v) is 3.63. The minimum absolute atomic E-state index is 0.226. The lowest BCUT2D eigenvalue weighted by molar-refractivity contribution is -0.298. The fourth-order valence-electron chi connectivity index (χ4n) is 2.18. The molecule has 0 unspecified atom stereocenters. The molecular weight excluding hydrogens is 288 g/mol. The molecule has 0 aromatic rings. The van der Waals surface area contributed by atoms with Gasteiger partial charge >= 0.3 is 0 Å². The fraction of sp³-hybridized carbons (Fsp3) is 0.750. The van der Waals surface area contributed by atoms with Crippen molar-refractivity contribution in [1.29, 1.82) is 0 Å². The quantitative estimate of drug-likeness (QED) is 0.510. The number of aliphatic hydroxyl groups is 4. The Bertz CT molecular complexity index is 386. The lowest BCUT2D eigenvalue weighted by Crippen LogP contribution is -2.59. The molecule has 0 amide bonds. The number of rotatable bonds is 7. The van der Waals surface area contributed by atoms with Crippen LogP contribution in [0.15, 0.2) is 23.3 Å². The Morgan fingerprint density at radius 1 is 1.05 bits per heavy atom. The summed E-state index contributed by atoms with van der Waals surface area (Å²) in [5.41, 5.74) is 2.44. The van der Waals surface area contributed by atoms with E-state index in [2.05, 4.69) is 19.9 Å². The van der Waals surface area contributed by atoms with Crippen molar-refractivity contribution in [1.82, 2.24) is 0 Å². The Morgan fingerprint density at radius 2 is 1.73 bits per heavy atom. The van der Waals surface area contributed by atoms with Gasteiger partial charge < -0.3 is 29.9 Å². The first-order valence-corrected chi connectivity index (χ1v) is 7.58. The van der Waals surface area contributed by atoms with Crippen LogP contribution in [0.2, 0.25) is 0 Å². The molecular formula is C16H28O6. The molecule has 1 rings (SSSR count). The third-order valence-electron chi connectivity index (χ3n) is 3.63. The van der Waals surface area contributed by atoms with Gasteiger partial charge in [-0.3, -0.25) is 0 Å². The van der Waals surface area contributed by atoms with E-state index in [0.717, 1.165) is 18.4 Å². The van der Waals surface area contributed by atoms with Gasteiger partial charge in [-0.1, -0.05) is 23.3 Å². The molecule has 0 spiro atoms. The Balaban J connectivity index is 2.44. The highest BCUT2D eigenvalue weighted by atomic mass is 16.7. The Labute approximate surface area is 131 Å². The number of hydrogen-bond acceptors (Lipinski definition) is 6. The summed E-state index contributed by atoms with van der Waals surface area (Å²) in [6, 6.07) is 0.